The van der Waals surface area contributed by atoms with Gasteiger partial charge in [-0.3, -0.25) is 4.79 Å². The molecule has 0 radical (unpaired) electrons. The van der Waals surface area contributed by atoms with E-state index in [4.69, 9.17) is 0 Å². The molecule has 0 fully saturated rings. The van der Waals surface area contributed by atoms with Gasteiger partial charge in [0.05, 0.1) is 12.7 Å². The van der Waals surface area contributed by atoms with Crippen LogP contribution < -0.4 is 0 Å². The Morgan fingerprint density at radius 3 is 3.06 bits per heavy atom. The van der Waals surface area contributed by atoms with Crippen LogP contribution in [-0.4, -0.2) is 32.8 Å². The quantitative estimate of drug-likeness (QED) is 0.875. The standard InChI is InChI=1S/C10H12N4OS/c1-2-14(7-8-4-3-5-16-8)10(15)9-6-11-13-12-9/h3-6H,2,7H2,1H3,(H,11,12,13). The summed E-state index contributed by atoms with van der Waals surface area (Å²) in [6, 6.07) is 4.00. The van der Waals surface area contributed by atoms with Gasteiger partial charge in [-0.05, 0) is 18.4 Å². The molecule has 0 atom stereocenters. The van der Waals surface area contributed by atoms with Gasteiger partial charge in [-0.2, -0.15) is 15.4 Å². The Labute approximate surface area is 97.1 Å². The fourth-order valence-electron chi connectivity index (χ4n) is 1.38. The third-order valence-electron chi connectivity index (χ3n) is 2.23. The Morgan fingerprint density at radius 2 is 2.50 bits per heavy atom. The number of hydrogen-bond acceptors (Lipinski definition) is 4. The van der Waals surface area contributed by atoms with Crippen LogP contribution in [0.25, 0.3) is 0 Å². The van der Waals surface area contributed by atoms with Crippen LogP contribution in [0, 0.1) is 0 Å². The molecule has 0 aliphatic heterocycles. The van der Waals surface area contributed by atoms with E-state index in [1.165, 1.54) is 11.1 Å². The van der Waals surface area contributed by atoms with E-state index < -0.39 is 0 Å². The van der Waals surface area contributed by atoms with Crippen molar-refractivity contribution in [2.45, 2.75) is 13.5 Å². The number of amides is 1. The summed E-state index contributed by atoms with van der Waals surface area (Å²) in [5, 5.41) is 11.9. The van der Waals surface area contributed by atoms with Crippen molar-refractivity contribution in [2.24, 2.45) is 0 Å². The van der Waals surface area contributed by atoms with Crippen molar-refractivity contribution in [1.82, 2.24) is 20.3 Å². The van der Waals surface area contributed by atoms with Gasteiger partial charge in [-0.15, -0.1) is 11.3 Å². The molecule has 0 saturated heterocycles. The van der Waals surface area contributed by atoms with Crippen LogP contribution in [0.15, 0.2) is 23.7 Å². The number of nitrogens with one attached hydrogen (secondary N) is 1. The second-order valence-electron chi connectivity index (χ2n) is 3.25. The lowest BCUT2D eigenvalue weighted by Gasteiger charge is -2.18. The van der Waals surface area contributed by atoms with Gasteiger partial charge in [0, 0.05) is 11.4 Å². The Kier molecular flexibility index (Phi) is 3.31. The van der Waals surface area contributed by atoms with Crippen molar-refractivity contribution in [3.63, 3.8) is 0 Å². The SMILES string of the molecule is CCN(Cc1cccs1)C(=O)c1cn[nH]n1. The molecular weight excluding hydrogens is 224 g/mol. The average Bonchev–Trinajstić information content (AvgIpc) is 2.97. The first-order chi connectivity index (χ1) is 7.81. The summed E-state index contributed by atoms with van der Waals surface area (Å²) in [6.45, 7) is 3.23. The number of rotatable bonds is 4. The highest BCUT2D eigenvalue weighted by molar-refractivity contribution is 7.09. The summed E-state index contributed by atoms with van der Waals surface area (Å²) < 4.78 is 0. The van der Waals surface area contributed by atoms with Gasteiger partial charge in [-0.25, -0.2) is 0 Å². The third kappa shape index (κ3) is 2.27. The Hall–Kier alpha value is -1.69. The zero-order chi connectivity index (χ0) is 11.4. The van der Waals surface area contributed by atoms with E-state index in [9.17, 15) is 4.79 Å². The predicted octanol–water partition coefficient (Wildman–Crippen LogP) is 1.53. The van der Waals surface area contributed by atoms with Crippen molar-refractivity contribution in [2.75, 3.05) is 6.54 Å². The third-order valence-corrected chi connectivity index (χ3v) is 3.09. The number of aromatic amines is 1. The van der Waals surface area contributed by atoms with Gasteiger partial charge in [-0.1, -0.05) is 6.07 Å². The van der Waals surface area contributed by atoms with Gasteiger partial charge >= 0.3 is 0 Å². The molecule has 0 spiro atoms. The predicted molar refractivity (Wildman–Crippen MR) is 61.1 cm³/mol. The second-order valence-corrected chi connectivity index (χ2v) is 4.29. The van der Waals surface area contributed by atoms with Gasteiger partial charge in [0.2, 0.25) is 0 Å². The van der Waals surface area contributed by atoms with E-state index in [2.05, 4.69) is 15.4 Å². The molecule has 5 nitrogen and oxygen atoms in total. The Bertz CT molecular complexity index is 437. The minimum absolute atomic E-state index is 0.0929. The first kappa shape index (κ1) is 10.8. The molecule has 1 amide bonds. The number of H-pyrrole nitrogens is 1. The minimum atomic E-state index is -0.0929. The molecule has 2 rings (SSSR count). The Morgan fingerprint density at radius 1 is 1.62 bits per heavy atom. The number of hydrogen-bond donors (Lipinski definition) is 1. The van der Waals surface area contributed by atoms with Crippen LogP contribution in [0.1, 0.15) is 22.3 Å². The van der Waals surface area contributed by atoms with E-state index in [0.29, 0.717) is 18.8 Å². The van der Waals surface area contributed by atoms with E-state index in [1.807, 2.05) is 24.4 Å². The van der Waals surface area contributed by atoms with Gasteiger partial charge in [0.15, 0.2) is 5.69 Å². The molecule has 16 heavy (non-hydrogen) atoms. The van der Waals surface area contributed by atoms with Crippen molar-refractivity contribution in [3.8, 4) is 0 Å². The first-order valence-electron chi connectivity index (χ1n) is 4.98. The fourth-order valence-corrected chi connectivity index (χ4v) is 2.10. The van der Waals surface area contributed by atoms with Crippen molar-refractivity contribution < 1.29 is 4.79 Å². The maximum atomic E-state index is 12.0. The smallest absolute Gasteiger partial charge is 0.276 e. The summed E-state index contributed by atoms with van der Waals surface area (Å²) in [5.41, 5.74) is 0.360. The van der Waals surface area contributed by atoms with Crippen molar-refractivity contribution in [1.29, 1.82) is 0 Å². The van der Waals surface area contributed by atoms with E-state index in [1.54, 1.807) is 16.2 Å². The molecule has 0 saturated carbocycles. The molecule has 0 unspecified atom stereocenters. The minimum Gasteiger partial charge on any atom is -0.332 e. The lowest BCUT2D eigenvalue weighted by Crippen LogP contribution is -2.30. The van der Waals surface area contributed by atoms with Crippen LogP contribution in [0.4, 0.5) is 0 Å². The number of carbonyl (C=O) groups excluding carboxylic acids is 1. The van der Waals surface area contributed by atoms with Crippen LogP contribution in [0.3, 0.4) is 0 Å². The monoisotopic (exact) mass is 236 g/mol. The number of nitrogens with zero attached hydrogens (tertiary/aromatic N) is 3. The summed E-state index contributed by atoms with van der Waals surface area (Å²) in [4.78, 5) is 14.9. The molecule has 0 bridgehead atoms. The van der Waals surface area contributed by atoms with E-state index in [-0.39, 0.29) is 5.91 Å². The first-order valence-corrected chi connectivity index (χ1v) is 5.86. The molecule has 2 aromatic heterocycles. The summed E-state index contributed by atoms with van der Waals surface area (Å²) in [7, 11) is 0. The summed E-state index contributed by atoms with van der Waals surface area (Å²) in [5.74, 6) is -0.0929. The maximum Gasteiger partial charge on any atom is 0.276 e. The molecule has 6 heteroatoms. The van der Waals surface area contributed by atoms with Crippen molar-refractivity contribution in [3.05, 3.63) is 34.3 Å². The zero-order valence-electron chi connectivity index (χ0n) is 8.88. The normalized spacial score (nSPS) is 10.3. The van der Waals surface area contributed by atoms with Crippen LogP contribution in [-0.2, 0) is 6.54 Å². The molecule has 1 N–H and O–H groups in total. The van der Waals surface area contributed by atoms with Crippen LogP contribution in [0.2, 0.25) is 0 Å². The number of thiophene rings is 1. The van der Waals surface area contributed by atoms with Gasteiger partial charge in [0.1, 0.15) is 0 Å². The summed E-state index contributed by atoms with van der Waals surface area (Å²) >= 11 is 1.64. The Balaban J connectivity index is 2.08. The molecule has 2 aromatic rings. The zero-order valence-corrected chi connectivity index (χ0v) is 9.70. The van der Waals surface area contributed by atoms with Gasteiger partial charge < -0.3 is 4.90 Å². The molecule has 2 heterocycles. The maximum absolute atomic E-state index is 12.0. The molecule has 0 aliphatic rings. The van der Waals surface area contributed by atoms with Crippen molar-refractivity contribution >= 4 is 17.2 Å². The van der Waals surface area contributed by atoms with Gasteiger partial charge in [0.25, 0.3) is 5.91 Å². The molecule has 84 valence electrons. The summed E-state index contributed by atoms with van der Waals surface area (Å²) in [6.07, 6.45) is 1.44. The highest BCUT2D eigenvalue weighted by Gasteiger charge is 2.16. The second kappa shape index (κ2) is 4.89. The average molecular weight is 236 g/mol. The highest BCUT2D eigenvalue weighted by Crippen LogP contribution is 2.13. The fraction of sp³-hybridized carbons (Fsp3) is 0.300. The number of carbonyl (C=O) groups is 1. The molecule has 0 aliphatic carbocycles. The van der Waals surface area contributed by atoms with Crippen LogP contribution in [0.5, 0.6) is 0 Å². The van der Waals surface area contributed by atoms with E-state index in [0.717, 1.165) is 0 Å². The largest absolute Gasteiger partial charge is 0.332 e. The highest BCUT2D eigenvalue weighted by atomic mass is 32.1. The molecule has 0 aromatic carbocycles. The molecular formula is C10H12N4OS. The number of aromatic nitrogens is 3. The van der Waals surface area contributed by atoms with E-state index >= 15 is 0 Å². The lowest BCUT2D eigenvalue weighted by molar-refractivity contribution is 0.0748. The topological polar surface area (TPSA) is 61.9 Å². The lowest BCUT2D eigenvalue weighted by atomic mass is 10.3. The van der Waals surface area contributed by atoms with Crippen LogP contribution >= 0.6 is 11.3 Å².